The van der Waals surface area contributed by atoms with Gasteiger partial charge in [-0.15, -0.1) is 0 Å². The number of hydrogen-bond acceptors (Lipinski definition) is 4. The molecule has 4 nitrogen and oxygen atoms in total. The predicted octanol–water partition coefficient (Wildman–Crippen LogP) is 2.70. The second-order valence-corrected chi connectivity index (χ2v) is 7.16. The minimum atomic E-state index is -0.829. The van der Waals surface area contributed by atoms with Crippen molar-refractivity contribution in [3.05, 3.63) is 0 Å². The second kappa shape index (κ2) is 7.59. The molecule has 0 aromatic carbocycles. The second-order valence-electron chi connectivity index (χ2n) is 7.16. The first-order valence-corrected chi connectivity index (χ1v) is 8.66. The monoisotopic (exact) mass is 296 g/mol. The molecule has 1 aliphatic carbocycles. The Morgan fingerprint density at radius 1 is 1.24 bits per heavy atom. The van der Waals surface area contributed by atoms with Crippen molar-refractivity contribution in [1.82, 2.24) is 4.90 Å². The summed E-state index contributed by atoms with van der Waals surface area (Å²) in [5, 5.41) is 0. The lowest BCUT2D eigenvalue weighted by Gasteiger charge is -2.44. The molecule has 2 aliphatic rings. The molecule has 0 aromatic rings. The molecule has 21 heavy (non-hydrogen) atoms. The zero-order valence-corrected chi connectivity index (χ0v) is 13.8. The van der Waals surface area contributed by atoms with E-state index in [1.54, 1.807) is 6.92 Å². The minimum absolute atomic E-state index is 0.298. The summed E-state index contributed by atoms with van der Waals surface area (Å²) in [5.41, 5.74) is 5.18. The summed E-state index contributed by atoms with van der Waals surface area (Å²) in [6.45, 7) is 4.20. The number of carbonyl (C=O) groups excluding carboxylic acids is 1. The Morgan fingerprint density at radius 3 is 2.71 bits per heavy atom. The zero-order chi connectivity index (χ0) is 15.3. The van der Waals surface area contributed by atoms with E-state index in [0.717, 1.165) is 24.8 Å². The van der Waals surface area contributed by atoms with E-state index in [1.165, 1.54) is 58.7 Å². The number of nitrogens with two attached hydrogens (primary N) is 1. The number of piperidine rings is 1. The molecule has 1 heterocycles. The van der Waals surface area contributed by atoms with Gasteiger partial charge in [-0.05, 0) is 70.9 Å². The molecule has 0 aromatic heterocycles. The van der Waals surface area contributed by atoms with Gasteiger partial charge in [0.25, 0.3) is 0 Å². The van der Waals surface area contributed by atoms with Crippen molar-refractivity contribution in [1.29, 1.82) is 0 Å². The van der Waals surface area contributed by atoms with Gasteiger partial charge in [0.1, 0.15) is 5.54 Å². The number of rotatable bonds is 6. The number of methoxy groups -OCH3 is 1. The topological polar surface area (TPSA) is 55.6 Å². The molecule has 1 saturated carbocycles. The molecule has 3 atom stereocenters. The standard InChI is InChI=1S/C17H32N2O2/c1-17(18,16(20)21-2)11-5-6-12-19-13-7-9-14-8-3-4-10-15(14)19/h14-15H,3-13,18H2,1-2H3. The maximum atomic E-state index is 11.6. The van der Waals surface area contributed by atoms with Crippen molar-refractivity contribution in [3.63, 3.8) is 0 Å². The van der Waals surface area contributed by atoms with E-state index < -0.39 is 5.54 Å². The highest BCUT2D eigenvalue weighted by atomic mass is 16.5. The summed E-state index contributed by atoms with van der Waals surface area (Å²) in [7, 11) is 1.41. The van der Waals surface area contributed by atoms with Crippen molar-refractivity contribution in [3.8, 4) is 0 Å². The van der Waals surface area contributed by atoms with Crippen LogP contribution < -0.4 is 5.73 Å². The number of nitrogens with zero attached hydrogens (tertiary/aromatic N) is 1. The molecular formula is C17H32N2O2. The molecule has 0 amide bonds. The molecule has 0 radical (unpaired) electrons. The Balaban J connectivity index is 1.71. The summed E-state index contributed by atoms with van der Waals surface area (Å²) in [6, 6.07) is 0.831. The molecule has 4 heteroatoms. The van der Waals surface area contributed by atoms with Crippen LogP contribution in [0.5, 0.6) is 0 Å². The Labute approximate surface area is 129 Å². The lowest BCUT2D eigenvalue weighted by molar-refractivity contribution is -0.146. The summed E-state index contributed by atoms with van der Waals surface area (Å²) in [4.78, 5) is 14.3. The first-order valence-electron chi connectivity index (χ1n) is 8.66. The zero-order valence-electron chi connectivity index (χ0n) is 13.8. The predicted molar refractivity (Wildman–Crippen MR) is 85.0 cm³/mol. The van der Waals surface area contributed by atoms with Crippen LogP contribution in [0.25, 0.3) is 0 Å². The van der Waals surface area contributed by atoms with Crippen molar-refractivity contribution in [2.45, 2.75) is 76.3 Å². The maximum Gasteiger partial charge on any atom is 0.325 e. The maximum absolute atomic E-state index is 11.6. The Bertz CT molecular complexity index is 342. The molecule has 3 unspecified atom stereocenters. The van der Waals surface area contributed by atoms with Crippen LogP contribution in [0.2, 0.25) is 0 Å². The van der Waals surface area contributed by atoms with Crippen molar-refractivity contribution < 1.29 is 9.53 Å². The van der Waals surface area contributed by atoms with Crippen molar-refractivity contribution in [2.24, 2.45) is 11.7 Å². The lowest BCUT2D eigenvalue weighted by Crippen LogP contribution is -2.47. The van der Waals surface area contributed by atoms with E-state index >= 15 is 0 Å². The third-order valence-corrected chi connectivity index (χ3v) is 5.40. The largest absolute Gasteiger partial charge is 0.468 e. The van der Waals surface area contributed by atoms with Crippen LogP contribution in [0, 0.1) is 5.92 Å². The van der Waals surface area contributed by atoms with Crippen molar-refractivity contribution >= 4 is 5.97 Å². The number of fused-ring (bicyclic) bond motifs is 1. The fraction of sp³-hybridized carbons (Fsp3) is 0.941. The van der Waals surface area contributed by atoms with Gasteiger partial charge in [-0.3, -0.25) is 4.79 Å². The van der Waals surface area contributed by atoms with Gasteiger partial charge in [0, 0.05) is 6.04 Å². The van der Waals surface area contributed by atoms with Gasteiger partial charge in [-0.1, -0.05) is 12.8 Å². The number of carbonyl (C=O) groups is 1. The van der Waals surface area contributed by atoms with Gasteiger partial charge in [-0.25, -0.2) is 0 Å². The first-order chi connectivity index (χ1) is 10.0. The van der Waals surface area contributed by atoms with Crippen LogP contribution in [0.15, 0.2) is 0 Å². The van der Waals surface area contributed by atoms with Gasteiger partial charge in [0.2, 0.25) is 0 Å². The van der Waals surface area contributed by atoms with Gasteiger partial charge in [0.15, 0.2) is 0 Å². The summed E-state index contributed by atoms with van der Waals surface area (Å²) < 4.78 is 4.76. The lowest BCUT2D eigenvalue weighted by atomic mass is 9.78. The van der Waals surface area contributed by atoms with Gasteiger partial charge in [-0.2, -0.15) is 0 Å². The average Bonchev–Trinajstić information content (AvgIpc) is 2.50. The van der Waals surface area contributed by atoms with E-state index in [1.807, 2.05) is 0 Å². The van der Waals surface area contributed by atoms with Gasteiger partial charge < -0.3 is 15.4 Å². The number of ether oxygens (including phenoxy) is 1. The number of unbranched alkanes of at least 4 members (excludes halogenated alkanes) is 1. The SMILES string of the molecule is COC(=O)C(C)(N)CCCCN1CCCC2CCCCC21. The molecule has 1 saturated heterocycles. The van der Waals surface area contributed by atoms with Crippen LogP contribution in [-0.4, -0.2) is 42.6 Å². The summed E-state index contributed by atoms with van der Waals surface area (Å²) in [6.07, 6.45) is 11.3. The van der Waals surface area contributed by atoms with E-state index in [4.69, 9.17) is 10.5 Å². The summed E-state index contributed by atoms with van der Waals surface area (Å²) >= 11 is 0. The molecule has 1 aliphatic heterocycles. The van der Waals surface area contributed by atoms with E-state index in [-0.39, 0.29) is 5.97 Å². The van der Waals surface area contributed by atoms with Crippen LogP contribution in [-0.2, 0) is 9.53 Å². The molecule has 2 rings (SSSR count). The average molecular weight is 296 g/mol. The third-order valence-electron chi connectivity index (χ3n) is 5.40. The van der Waals surface area contributed by atoms with Crippen LogP contribution in [0.3, 0.4) is 0 Å². The van der Waals surface area contributed by atoms with E-state index in [2.05, 4.69) is 4.90 Å². The molecule has 2 fully saturated rings. The Hall–Kier alpha value is -0.610. The molecular weight excluding hydrogens is 264 g/mol. The van der Waals surface area contributed by atoms with Crippen LogP contribution in [0.4, 0.5) is 0 Å². The highest BCUT2D eigenvalue weighted by molar-refractivity contribution is 5.79. The molecule has 2 N–H and O–H groups in total. The molecule has 122 valence electrons. The van der Waals surface area contributed by atoms with E-state index in [0.29, 0.717) is 6.42 Å². The highest BCUT2D eigenvalue weighted by Crippen LogP contribution is 2.35. The highest BCUT2D eigenvalue weighted by Gasteiger charge is 2.33. The fourth-order valence-electron chi connectivity index (χ4n) is 4.15. The van der Waals surface area contributed by atoms with Crippen LogP contribution >= 0.6 is 0 Å². The van der Waals surface area contributed by atoms with Crippen LogP contribution in [0.1, 0.15) is 64.7 Å². The molecule has 0 bridgehead atoms. The number of likely N-dealkylation sites (tertiary alicyclic amines) is 1. The fourth-order valence-corrected chi connectivity index (χ4v) is 4.15. The smallest absolute Gasteiger partial charge is 0.325 e. The number of esters is 1. The minimum Gasteiger partial charge on any atom is -0.468 e. The third kappa shape index (κ3) is 4.43. The van der Waals surface area contributed by atoms with E-state index in [9.17, 15) is 4.79 Å². The quantitative estimate of drug-likeness (QED) is 0.605. The summed E-state index contributed by atoms with van der Waals surface area (Å²) in [5.74, 6) is 0.648. The molecule has 0 spiro atoms. The Kier molecular flexibility index (Phi) is 6.06. The normalized spacial score (nSPS) is 29.5. The number of hydrogen-bond donors (Lipinski definition) is 1. The van der Waals surface area contributed by atoms with Gasteiger partial charge >= 0.3 is 5.97 Å². The Morgan fingerprint density at radius 2 is 1.95 bits per heavy atom. The van der Waals surface area contributed by atoms with Gasteiger partial charge in [0.05, 0.1) is 7.11 Å². The first kappa shape index (κ1) is 16.8. The van der Waals surface area contributed by atoms with Crippen molar-refractivity contribution in [2.75, 3.05) is 20.2 Å².